The largest absolute Gasteiger partial charge is 0.481 e. The number of carbonyl (C=O) groups is 1. The predicted octanol–water partition coefficient (Wildman–Crippen LogP) is 3.56. The molecular weight excluding hydrogens is 293 g/mol. The van der Waals surface area contributed by atoms with Gasteiger partial charge < -0.3 is 10.1 Å². The lowest BCUT2D eigenvalue weighted by molar-refractivity contribution is -0.127. The van der Waals surface area contributed by atoms with Gasteiger partial charge >= 0.3 is 0 Å². The molecule has 21 heavy (non-hydrogen) atoms. The van der Waals surface area contributed by atoms with Crippen molar-refractivity contribution in [3.8, 4) is 5.75 Å². The van der Waals surface area contributed by atoms with Crippen LogP contribution in [0.4, 0.5) is 4.39 Å². The first-order valence-corrected chi connectivity index (χ1v) is 6.87. The number of hydrogen-bond acceptors (Lipinski definition) is 2. The average molecular weight is 308 g/mol. The van der Waals surface area contributed by atoms with Gasteiger partial charge in [0.15, 0.2) is 6.10 Å². The molecule has 0 bridgehead atoms. The lowest BCUT2D eigenvalue weighted by Gasteiger charge is -2.14. The molecule has 1 unspecified atom stereocenters. The molecule has 1 atom stereocenters. The van der Waals surface area contributed by atoms with E-state index in [0.29, 0.717) is 17.3 Å². The zero-order valence-electron chi connectivity index (χ0n) is 11.5. The second-order valence-corrected chi connectivity index (χ2v) is 4.99. The van der Waals surface area contributed by atoms with Crippen LogP contribution in [0.25, 0.3) is 0 Å². The Hall–Kier alpha value is -2.07. The minimum absolute atomic E-state index is 0.241. The van der Waals surface area contributed by atoms with Crippen molar-refractivity contribution < 1.29 is 13.9 Å². The first kappa shape index (κ1) is 15.3. The SMILES string of the molecule is CC(Oc1ccc(F)cc1)C(=O)NCc1ccc(Cl)cc1. The molecule has 2 aromatic rings. The van der Waals surface area contributed by atoms with Gasteiger partial charge in [-0.15, -0.1) is 0 Å². The summed E-state index contributed by atoms with van der Waals surface area (Å²) in [5.74, 6) is -0.137. The Labute approximate surface area is 127 Å². The molecule has 5 heteroatoms. The maximum atomic E-state index is 12.8. The maximum absolute atomic E-state index is 12.8. The van der Waals surface area contributed by atoms with Crippen LogP contribution in [0.15, 0.2) is 48.5 Å². The van der Waals surface area contributed by atoms with E-state index in [1.165, 1.54) is 24.3 Å². The number of hydrogen-bond donors (Lipinski definition) is 1. The second-order valence-electron chi connectivity index (χ2n) is 4.56. The summed E-state index contributed by atoms with van der Waals surface area (Å²) in [4.78, 5) is 11.9. The summed E-state index contributed by atoms with van der Waals surface area (Å²) in [7, 11) is 0. The number of ether oxygens (including phenoxy) is 1. The summed E-state index contributed by atoms with van der Waals surface area (Å²) in [6.07, 6.45) is -0.664. The highest BCUT2D eigenvalue weighted by Gasteiger charge is 2.14. The van der Waals surface area contributed by atoms with Crippen molar-refractivity contribution >= 4 is 17.5 Å². The topological polar surface area (TPSA) is 38.3 Å². The number of amides is 1. The van der Waals surface area contributed by atoms with E-state index in [1.807, 2.05) is 12.1 Å². The monoisotopic (exact) mass is 307 g/mol. The van der Waals surface area contributed by atoms with Crippen LogP contribution >= 0.6 is 11.6 Å². The fourth-order valence-corrected chi connectivity index (χ4v) is 1.83. The van der Waals surface area contributed by atoms with Gasteiger partial charge in [0, 0.05) is 11.6 Å². The first-order chi connectivity index (χ1) is 10.0. The van der Waals surface area contributed by atoms with Crippen LogP contribution in [0.1, 0.15) is 12.5 Å². The molecule has 0 aliphatic rings. The van der Waals surface area contributed by atoms with Crippen LogP contribution in [0.2, 0.25) is 5.02 Å². The molecule has 0 saturated carbocycles. The highest BCUT2D eigenvalue weighted by Crippen LogP contribution is 2.13. The predicted molar refractivity (Wildman–Crippen MR) is 79.8 cm³/mol. The van der Waals surface area contributed by atoms with Gasteiger partial charge in [-0.25, -0.2) is 4.39 Å². The Balaban J connectivity index is 1.84. The number of halogens is 2. The Bertz CT molecular complexity index is 599. The fourth-order valence-electron chi connectivity index (χ4n) is 1.71. The summed E-state index contributed by atoms with van der Waals surface area (Å²) in [6.45, 7) is 2.04. The van der Waals surface area contributed by atoms with Crippen molar-refractivity contribution in [3.05, 3.63) is 64.9 Å². The lowest BCUT2D eigenvalue weighted by atomic mass is 10.2. The molecule has 2 aromatic carbocycles. The third-order valence-corrected chi connectivity index (χ3v) is 3.13. The summed E-state index contributed by atoms with van der Waals surface area (Å²) in [5, 5.41) is 3.42. The van der Waals surface area contributed by atoms with Crippen molar-refractivity contribution in [2.75, 3.05) is 0 Å². The highest BCUT2D eigenvalue weighted by molar-refractivity contribution is 6.30. The van der Waals surface area contributed by atoms with E-state index in [4.69, 9.17) is 16.3 Å². The molecular formula is C16H15ClFNO2. The minimum atomic E-state index is -0.664. The molecule has 0 saturated heterocycles. The van der Waals surface area contributed by atoms with Crippen LogP contribution < -0.4 is 10.1 Å². The van der Waals surface area contributed by atoms with Crippen LogP contribution in [-0.4, -0.2) is 12.0 Å². The summed E-state index contributed by atoms with van der Waals surface area (Å²) in [6, 6.07) is 12.8. The maximum Gasteiger partial charge on any atom is 0.261 e. The van der Waals surface area contributed by atoms with Crippen LogP contribution in [0.3, 0.4) is 0 Å². The second kappa shape index (κ2) is 7.09. The normalized spacial score (nSPS) is 11.8. The Morgan fingerprint density at radius 2 is 1.81 bits per heavy atom. The Kier molecular flexibility index (Phi) is 5.17. The van der Waals surface area contributed by atoms with Crippen LogP contribution in [0, 0.1) is 5.82 Å². The third kappa shape index (κ3) is 4.76. The molecule has 0 spiro atoms. The molecule has 0 heterocycles. The smallest absolute Gasteiger partial charge is 0.261 e. The quantitative estimate of drug-likeness (QED) is 0.917. The van der Waals surface area contributed by atoms with Gasteiger partial charge in [0.05, 0.1) is 0 Å². The van der Waals surface area contributed by atoms with E-state index in [2.05, 4.69) is 5.32 Å². The fraction of sp³-hybridized carbons (Fsp3) is 0.188. The van der Waals surface area contributed by atoms with Gasteiger partial charge in [-0.2, -0.15) is 0 Å². The van der Waals surface area contributed by atoms with Crippen molar-refractivity contribution in [2.24, 2.45) is 0 Å². The van der Waals surface area contributed by atoms with Crippen molar-refractivity contribution in [3.63, 3.8) is 0 Å². The molecule has 110 valence electrons. The van der Waals surface area contributed by atoms with Crippen LogP contribution in [0.5, 0.6) is 5.75 Å². The molecule has 3 nitrogen and oxygen atoms in total. The molecule has 0 radical (unpaired) electrons. The number of rotatable bonds is 5. The lowest BCUT2D eigenvalue weighted by Crippen LogP contribution is -2.35. The van der Waals surface area contributed by atoms with E-state index in [0.717, 1.165) is 5.56 Å². The third-order valence-electron chi connectivity index (χ3n) is 2.88. The van der Waals surface area contributed by atoms with Gasteiger partial charge in [-0.3, -0.25) is 4.79 Å². The van der Waals surface area contributed by atoms with Crippen molar-refractivity contribution in [2.45, 2.75) is 19.6 Å². The van der Waals surface area contributed by atoms with Gasteiger partial charge in [-0.05, 0) is 48.9 Å². The van der Waals surface area contributed by atoms with Gasteiger partial charge in [0.1, 0.15) is 11.6 Å². The summed E-state index contributed by atoms with van der Waals surface area (Å²) in [5.41, 5.74) is 0.946. The van der Waals surface area contributed by atoms with Gasteiger partial charge in [-0.1, -0.05) is 23.7 Å². The van der Waals surface area contributed by atoms with Crippen molar-refractivity contribution in [1.29, 1.82) is 0 Å². The summed E-state index contributed by atoms with van der Waals surface area (Å²) >= 11 is 5.79. The molecule has 0 aromatic heterocycles. The van der Waals surface area contributed by atoms with Crippen molar-refractivity contribution in [1.82, 2.24) is 5.32 Å². The van der Waals surface area contributed by atoms with Crippen LogP contribution in [-0.2, 0) is 11.3 Å². The zero-order valence-corrected chi connectivity index (χ0v) is 12.2. The molecule has 2 rings (SSSR count). The zero-order chi connectivity index (χ0) is 15.2. The Morgan fingerprint density at radius 3 is 2.43 bits per heavy atom. The highest BCUT2D eigenvalue weighted by atomic mass is 35.5. The molecule has 0 fully saturated rings. The minimum Gasteiger partial charge on any atom is -0.481 e. The molecule has 0 aliphatic carbocycles. The Morgan fingerprint density at radius 1 is 1.19 bits per heavy atom. The van der Waals surface area contributed by atoms with E-state index in [-0.39, 0.29) is 11.7 Å². The summed E-state index contributed by atoms with van der Waals surface area (Å²) < 4.78 is 18.2. The number of carbonyl (C=O) groups excluding carboxylic acids is 1. The molecule has 1 amide bonds. The van der Waals surface area contributed by atoms with Gasteiger partial charge in [0.2, 0.25) is 0 Å². The number of nitrogens with one attached hydrogen (secondary N) is 1. The first-order valence-electron chi connectivity index (χ1n) is 6.49. The average Bonchev–Trinajstić information content (AvgIpc) is 2.48. The van der Waals surface area contributed by atoms with Gasteiger partial charge in [0.25, 0.3) is 5.91 Å². The number of benzene rings is 2. The van der Waals surface area contributed by atoms with E-state index >= 15 is 0 Å². The molecule has 1 N–H and O–H groups in total. The van der Waals surface area contributed by atoms with E-state index < -0.39 is 6.10 Å². The van der Waals surface area contributed by atoms with E-state index in [9.17, 15) is 9.18 Å². The molecule has 0 aliphatic heterocycles. The van der Waals surface area contributed by atoms with E-state index in [1.54, 1.807) is 19.1 Å². The standard InChI is InChI=1S/C16H15ClFNO2/c1-11(21-15-8-6-14(18)7-9-15)16(20)19-10-12-2-4-13(17)5-3-12/h2-9,11H,10H2,1H3,(H,19,20).